The lowest BCUT2D eigenvalue weighted by Crippen LogP contribution is -2.54. The molecular formula is C15H21NO2. The SMILES string of the molecule is CCCCO[C@H]1CC(=O)N1[C@@H](C)c1ccccc1. The average Bonchev–Trinajstić information content (AvgIpc) is 2.38. The smallest absolute Gasteiger partial charge is 0.229 e. The molecule has 98 valence electrons. The van der Waals surface area contributed by atoms with Gasteiger partial charge in [0.05, 0.1) is 12.5 Å². The Morgan fingerprint density at radius 3 is 2.72 bits per heavy atom. The molecule has 2 rings (SSSR count). The van der Waals surface area contributed by atoms with Crippen LogP contribution in [0.1, 0.15) is 44.7 Å². The topological polar surface area (TPSA) is 29.5 Å². The number of carbonyl (C=O) groups is 1. The predicted molar refractivity (Wildman–Crippen MR) is 71.0 cm³/mol. The van der Waals surface area contributed by atoms with Crippen LogP contribution in [0.4, 0.5) is 0 Å². The fourth-order valence-corrected chi connectivity index (χ4v) is 2.26. The summed E-state index contributed by atoms with van der Waals surface area (Å²) in [6.45, 7) is 4.94. The Morgan fingerprint density at radius 2 is 2.11 bits per heavy atom. The Labute approximate surface area is 109 Å². The van der Waals surface area contributed by atoms with Crippen LogP contribution in [0.15, 0.2) is 30.3 Å². The maximum absolute atomic E-state index is 11.7. The molecule has 2 atom stereocenters. The Morgan fingerprint density at radius 1 is 1.39 bits per heavy atom. The highest BCUT2D eigenvalue weighted by Gasteiger charge is 2.40. The van der Waals surface area contributed by atoms with E-state index in [1.54, 1.807) is 0 Å². The molecule has 0 saturated carbocycles. The monoisotopic (exact) mass is 247 g/mol. The summed E-state index contributed by atoms with van der Waals surface area (Å²) in [5.74, 6) is 0.188. The lowest BCUT2D eigenvalue weighted by atomic mass is 10.0. The molecule has 3 heteroatoms. The summed E-state index contributed by atoms with van der Waals surface area (Å²) in [6.07, 6.45) is 2.67. The van der Waals surface area contributed by atoms with Gasteiger partial charge in [-0.25, -0.2) is 0 Å². The number of hydrogen-bond donors (Lipinski definition) is 0. The zero-order valence-electron chi connectivity index (χ0n) is 11.1. The van der Waals surface area contributed by atoms with Crippen LogP contribution in [0.2, 0.25) is 0 Å². The summed E-state index contributed by atoms with van der Waals surface area (Å²) in [7, 11) is 0. The standard InChI is InChI=1S/C15H21NO2/c1-3-4-10-18-15-11-14(17)16(15)12(2)13-8-6-5-7-9-13/h5-9,12,15H,3-4,10-11H2,1-2H3/t12-,15-/m0/s1. The van der Waals surface area contributed by atoms with Crippen LogP contribution in [0.25, 0.3) is 0 Å². The minimum absolute atomic E-state index is 0.0285. The first-order valence-electron chi connectivity index (χ1n) is 6.71. The quantitative estimate of drug-likeness (QED) is 0.571. The highest BCUT2D eigenvalue weighted by molar-refractivity contribution is 5.83. The second kappa shape index (κ2) is 6.01. The van der Waals surface area contributed by atoms with Gasteiger partial charge in [0.2, 0.25) is 5.91 Å². The number of benzene rings is 1. The number of nitrogens with zero attached hydrogens (tertiary/aromatic N) is 1. The van der Waals surface area contributed by atoms with E-state index >= 15 is 0 Å². The molecule has 1 heterocycles. The molecule has 1 aliphatic rings. The Balaban J connectivity index is 1.96. The molecule has 1 aromatic rings. The first-order valence-corrected chi connectivity index (χ1v) is 6.71. The average molecular weight is 247 g/mol. The number of β-lactam (4-membered cyclic amide) rings is 1. The minimum Gasteiger partial charge on any atom is -0.358 e. The zero-order chi connectivity index (χ0) is 13.0. The number of carbonyl (C=O) groups excluding carboxylic acids is 1. The van der Waals surface area contributed by atoms with Crippen LogP contribution >= 0.6 is 0 Å². The zero-order valence-corrected chi connectivity index (χ0v) is 11.1. The predicted octanol–water partition coefficient (Wildman–Crippen LogP) is 3.12. The molecule has 18 heavy (non-hydrogen) atoms. The number of amides is 1. The van der Waals surface area contributed by atoms with Crippen molar-refractivity contribution >= 4 is 5.91 Å². The van der Waals surface area contributed by atoms with E-state index in [-0.39, 0.29) is 18.2 Å². The molecule has 1 fully saturated rings. The molecule has 0 radical (unpaired) electrons. The molecule has 0 unspecified atom stereocenters. The van der Waals surface area contributed by atoms with E-state index in [2.05, 4.69) is 26.0 Å². The highest BCUT2D eigenvalue weighted by Crippen LogP contribution is 2.31. The molecule has 0 bridgehead atoms. The lowest BCUT2D eigenvalue weighted by Gasteiger charge is -2.44. The van der Waals surface area contributed by atoms with Crippen LogP contribution in [-0.2, 0) is 9.53 Å². The van der Waals surface area contributed by atoms with Crippen molar-refractivity contribution < 1.29 is 9.53 Å². The molecule has 1 aromatic carbocycles. The second-order valence-corrected chi connectivity index (χ2v) is 4.77. The molecule has 1 aliphatic heterocycles. The van der Waals surface area contributed by atoms with Crippen LogP contribution in [0.3, 0.4) is 0 Å². The second-order valence-electron chi connectivity index (χ2n) is 4.77. The van der Waals surface area contributed by atoms with Gasteiger partial charge < -0.3 is 9.64 Å². The van der Waals surface area contributed by atoms with Crippen molar-refractivity contribution in [1.29, 1.82) is 0 Å². The van der Waals surface area contributed by atoms with Crippen molar-refractivity contribution in [3.05, 3.63) is 35.9 Å². The van der Waals surface area contributed by atoms with Crippen molar-refractivity contribution in [3.8, 4) is 0 Å². The summed E-state index contributed by atoms with van der Waals surface area (Å²) in [4.78, 5) is 13.6. The summed E-state index contributed by atoms with van der Waals surface area (Å²) >= 11 is 0. The highest BCUT2D eigenvalue weighted by atomic mass is 16.5. The summed E-state index contributed by atoms with van der Waals surface area (Å²) in [6, 6.07) is 10.2. The van der Waals surface area contributed by atoms with E-state index in [9.17, 15) is 4.79 Å². The molecule has 0 N–H and O–H groups in total. The molecule has 0 aromatic heterocycles. The third-order valence-electron chi connectivity index (χ3n) is 3.45. The third kappa shape index (κ3) is 2.72. The number of hydrogen-bond acceptors (Lipinski definition) is 2. The first-order chi connectivity index (χ1) is 8.74. The van der Waals surface area contributed by atoms with Crippen molar-refractivity contribution in [2.75, 3.05) is 6.61 Å². The van der Waals surface area contributed by atoms with Gasteiger partial charge in [0, 0.05) is 6.61 Å². The number of ether oxygens (including phenoxy) is 1. The van der Waals surface area contributed by atoms with Crippen LogP contribution < -0.4 is 0 Å². The Bertz CT molecular complexity index is 391. The minimum atomic E-state index is -0.0285. The largest absolute Gasteiger partial charge is 0.358 e. The number of unbranched alkanes of at least 4 members (excludes halogenated alkanes) is 1. The lowest BCUT2D eigenvalue weighted by molar-refractivity contribution is -0.181. The third-order valence-corrected chi connectivity index (χ3v) is 3.45. The maximum atomic E-state index is 11.7. The Hall–Kier alpha value is -1.35. The van der Waals surface area contributed by atoms with Crippen molar-refractivity contribution in [1.82, 2.24) is 4.90 Å². The fourth-order valence-electron chi connectivity index (χ4n) is 2.26. The van der Waals surface area contributed by atoms with Crippen molar-refractivity contribution in [2.24, 2.45) is 0 Å². The van der Waals surface area contributed by atoms with Gasteiger partial charge in [-0.1, -0.05) is 43.7 Å². The maximum Gasteiger partial charge on any atom is 0.229 e. The normalized spacial score (nSPS) is 20.7. The van der Waals surface area contributed by atoms with E-state index in [0.29, 0.717) is 6.42 Å². The molecular weight excluding hydrogens is 226 g/mol. The van der Waals surface area contributed by atoms with E-state index < -0.39 is 0 Å². The van der Waals surface area contributed by atoms with E-state index in [4.69, 9.17) is 4.74 Å². The fraction of sp³-hybridized carbons (Fsp3) is 0.533. The van der Waals surface area contributed by atoms with Gasteiger partial charge in [0.15, 0.2) is 0 Å². The summed E-state index contributed by atoms with van der Waals surface area (Å²) in [5.41, 5.74) is 1.16. The van der Waals surface area contributed by atoms with Gasteiger partial charge in [0.1, 0.15) is 6.23 Å². The number of rotatable bonds is 6. The van der Waals surface area contributed by atoms with Gasteiger partial charge in [-0.2, -0.15) is 0 Å². The van der Waals surface area contributed by atoms with Gasteiger partial charge in [-0.05, 0) is 18.9 Å². The van der Waals surface area contributed by atoms with Gasteiger partial charge in [0.25, 0.3) is 0 Å². The van der Waals surface area contributed by atoms with Crippen LogP contribution in [0.5, 0.6) is 0 Å². The molecule has 1 saturated heterocycles. The van der Waals surface area contributed by atoms with E-state index in [0.717, 1.165) is 25.0 Å². The van der Waals surface area contributed by atoms with Gasteiger partial charge >= 0.3 is 0 Å². The van der Waals surface area contributed by atoms with Gasteiger partial charge in [-0.3, -0.25) is 4.79 Å². The molecule has 1 amide bonds. The number of likely N-dealkylation sites (tertiary alicyclic amines) is 1. The van der Waals surface area contributed by atoms with E-state index in [1.807, 2.05) is 23.1 Å². The summed E-state index contributed by atoms with van der Waals surface area (Å²) in [5, 5.41) is 0. The van der Waals surface area contributed by atoms with Crippen LogP contribution in [0, 0.1) is 0 Å². The first kappa shape index (κ1) is 13.1. The van der Waals surface area contributed by atoms with Crippen LogP contribution in [-0.4, -0.2) is 23.6 Å². The molecule has 0 spiro atoms. The van der Waals surface area contributed by atoms with E-state index in [1.165, 1.54) is 0 Å². The molecule has 3 nitrogen and oxygen atoms in total. The molecule has 0 aliphatic carbocycles. The van der Waals surface area contributed by atoms with Crippen molar-refractivity contribution in [3.63, 3.8) is 0 Å². The summed E-state index contributed by atoms with van der Waals surface area (Å²) < 4.78 is 5.75. The van der Waals surface area contributed by atoms with Crippen molar-refractivity contribution in [2.45, 2.75) is 45.4 Å². The Kier molecular flexibility index (Phi) is 4.37. The van der Waals surface area contributed by atoms with Gasteiger partial charge in [-0.15, -0.1) is 0 Å².